The Balaban J connectivity index is 3.61. The van der Waals surface area contributed by atoms with E-state index in [-0.39, 0.29) is 13.2 Å². The Kier molecular flexibility index (Phi) is 10.0. The summed E-state index contributed by atoms with van der Waals surface area (Å²) in [5.74, 6) is -0.536. The Hall–Kier alpha value is -0.476. The summed E-state index contributed by atoms with van der Waals surface area (Å²) < 4.78 is 16.1. The molecule has 7 heteroatoms. The van der Waals surface area contributed by atoms with Gasteiger partial charge in [0.2, 0.25) is 0 Å². The van der Waals surface area contributed by atoms with Crippen LogP contribution in [0.25, 0.3) is 0 Å². The van der Waals surface area contributed by atoms with Gasteiger partial charge >= 0.3 is 5.97 Å². The first kappa shape index (κ1) is 19.5. The van der Waals surface area contributed by atoms with E-state index in [1.807, 2.05) is 0 Å². The van der Waals surface area contributed by atoms with Crippen LogP contribution in [0.2, 0.25) is 32.2 Å². The molecule has 0 aromatic carbocycles. The van der Waals surface area contributed by atoms with Crippen LogP contribution in [0.5, 0.6) is 0 Å². The highest BCUT2D eigenvalue weighted by atomic mass is 28.4. The Morgan fingerprint density at radius 3 is 2.60 bits per heavy atom. The molecule has 117 valence electrons. The SMILES string of the molecule is C=CC(=O)OCC(O)COCCC[Si](C)(C)O[Si](C)C. The minimum Gasteiger partial charge on any atom is -0.460 e. The van der Waals surface area contributed by atoms with Crippen LogP contribution in [0, 0.1) is 0 Å². The Morgan fingerprint density at radius 2 is 2.05 bits per heavy atom. The lowest BCUT2D eigenvalue weighted by atomic mass is 10.4. The summed E-state index contributed by atoms with van der Waals surface area (Å²) in [5.41, 5.74) is 0. The third-order valence-corrected chi connectivity index (χ3v) is 7.84. The van der Waals surface area contributed by atoms with Gasteiger partial charge in [-0.25, -0.2) is 4.79 Å². The molecule has 20 heavy (non-hydrogen) atoms. The average Bonchev–Trinajstić information content (AvgIpc) is 2.33. The average molecular weight is 320 g/mol. The van der Waals surface area contributed by atoms with Crippen molar-refractivity contribution in [2.75, 3.05) is 19.8 Å². The number of rotatable bonds is 11. The van der Waals surface area contributed by atoms with Crippen molar-refractivity contribution in [2.45, 2.75) is 44.8 Å². The maximum Gasteiger partial charge on any atom is 0.330 e. The highest BCUT2D eigenvalue weighted by Gasteiger charge is 2.23. The second-order valence-corrected chi connectivity index (χ2v) is 12.1. The molecule has 0 aromatic rings. The molecule has 1 unspecified atom stereocenters. The number of esters is 1. The van der Waals surface area contributed by atoms with Crippen molar-refractivity contribution in [3.63, 3.8) is 0 Å². The molecule has 0 fully saturated rings. The first-order valence-corrected chi connectivity index (χ1v) is 12.3. The number of hydrogen-bond donors (Lipinski definition) is 1. The predicted molar refractivity (Wildman–Crippen MR) is 83.5 cm³/mol. The van der Waals surface area contributed by atoms with Crippen molar-refractivity contribution in [3.05, 3.63) is 12.7 Å². The van der Waals surface area contributed by atoms with Crippen LogP contribution in [0.1, 0.15) is 6.42 Å². The summed E-state index contributed by atoms with van der Waals surface area (Å²) in [7, 11) is -2.20. The fourth-order valence-corrected chi connectivity index (χ4v) is 7.53. The van der Waals surface area contributed by atoms with E-state index < -0.39 is 29.4 Å². The van der Waals surface area contributed by atoms with Gasteiger partial charge in [-0.05, 0) is 38.7 Å². The summed E-state index contributed by atoms with van der Waals surface area (Å²) in [6.07, 6.45) is 1.20. The maximum atomic E-state index is 10.8. The summed E-state index contributed by atoms with van der Waals surface area (Å²) in [5, 5.41) is 9.52. The molecular formula is C13H27O5Si2. The van der Waals surface area contributed by atoms with Crippen molar-refractivity contribution in [3.8, 4) is 0 Å². The number of ether oxygens (including phenoxy) is 2. The molecule has 0 spiro atoms. The zero-order valence-electron chi connectivity index (χ0n) is 13.0. The van der Waals surface area contributed by atoms with E-state index in [4.69, 9.17) is 13.6 Å². The number of hydrogen-bond acceptors (Lipinski definition) is 5. The van der Waals surface area contributed by atoms with Gasteiger partial charge in [-0.2, -0.15) is 0 Å². The molecule has 0 aliphatic rings. The van der Waals surface area contributed by atoms with Gasteiger partial charge in [0.05, 0.1) is 6.61 Å². The third kappa shape index (κ3) is 11.4. The van der Waals surface area contributed by atoms with Gasteiger partial charge < -0.3 is 18.7 Å². The summed E-state index contributed by atoms with van der Waals surface area (Å²) in [6, 6.07) is 1.05. The number of carbonyl (C=O) groups excluding carboxylic acids is 1. The molecule has 0 saturated carbocycles. The molecule has 0 heterocycles. The van der Waals surface area contributed by atoms with E-state index >= 15 is 0 Å². The summed E-state index contributed by atoms with van der Waals surface area (Å²) >= 11 is 0. The molecule has 0 aliphatic carbocycles. The van der Waals surface area contributed by atoms with E-state index in [1.54, 1.807) is 0 Å². The van der Waals surface area contributed by atoms with Gasteiger partial charge in [0.15, 0.2) is 17.4 Å². The number of aliphatic hydroxyl groups excluding tert-OH is 1. The van der Waals surface area contributed by atoms with Crippen LogP contribution < -0.4 is 0 Å². The van der Waals surface area contributed by atoms with Gasteiger partial charge in [0.25, 0.3) is 0 Å². The van der Waals surface area contributed by atoms with Crippen LogP contribution in [0.15, 0.2) is 12.7 Å². The van der Waals surface area contributed by atoms with Crippen LogP contribution in [0.4, 0.5) is 0 Å². The van der Waals surface area contributed by atoms with Crippen molar-refractivity contribution in [1.29, 1.82) is 0 Å². The summed E-state index contributed by atoms with van der Waals surface area (Å²) in [4.78, 5) is 10.8. The number of carbonyl (C=O) groups is 1. The van der Waals surface area contributed by atoms with Gasteiger partial charge in [0.1, 0.15) is 12.7 Å². The molecule has 0 aromatic heterocycles. The molecule has 1 N–H and O–H groups in total. The van der Waals surface area contributed by atoms with Crippen molar-refractivity contribution >= 4 is 23.3 Å². The van der Waals surface area contributed by atoms with Gasteiger partial charge in [-0.1, -0.05) is 6.58 Å². The highest BCUT2D eigenvalue weighted by Crippen LogP contribution is 2.15. The lowest BCUT2D eigenvalue weighted by Crippen LogP contribution is -2.35. The van der Waals surface area contributed by atoms with Crippen LogP contribution in [-0.4, -0.2) is 54.4 Å². The normalized spacial score (nSPS) is 13.3. The van der Waals surface area contributed by atoms with E-state index in [9.17, 15) is 9.90 Å². The molecule has 0 amide bonds. The molecule has 5 nitrogen and oxygen atoms in total. The molecule has 0 bridgehead atoms. The quantitative estimate of drug-likeness (QED) is 0.273. The zero-order valence-corrected chi connectivity index (χ0v) is 15.0. The summed E-state index contributed by atoms with van der Waals surface area (Å²) in [6.45, 7) is 12.7. The van der Waals surface area contributed by atoms with E-state index in [0.717, 1.165) is 18.5 Å². The minimum absolute atomic E-state index is 0.0638. The minimum atomic E-state index is -1.56. The molecular weight excluding hydrogens is 292 g/mol. The molecule has 0 aliphatic heterocycles. The van der Waals surface area contributed by atoms with E-state index in [0.29, 0.717) is 6.61 Å². The van der Waals surface area contributed by atoms with Crippen molar-refractivity contribution in [2.24, 2.45) is 0 Å². The standard InChI is InChI=1S/C13H27O5Si2/c1-6-13(15)17-11-12(14)10-16-8-7-9-20(4,5)18-19(2)3/h6,12,14H,1,7-11H2,2-5H3. The zero-order chi connectivity index (χ0) is 15.6. The van der Waals surface area contributed by atoms with Crippen molar-refractivity contribution < 1.29 is 23.5 Å². The van der Waals surface area contributed by atoms with E-state index in [1.165, 1.54) is 0 Å². The fourth-order valence-electron chi connectivity index (χ4n) is 1.71. The Labute approximate surface area is 124 Å². The molecule has 0 rings (SSSR count). The maximum absolute atomic E-state index is 10.8. The molecule has 0 saturated heterocycles. The topological polar surface area (TPSA) is 65.0 Å². The van der Waals surface area contributed by atoms with Crippen LogP contribution in [0.3, 0.4) is 0 Å². The smallest absolute Gasteiger partial charge is 0.330 e. The largest absolute Gasteiger partial charge is 0.460 e. The fraction of sp³-hybridized carbons (Fsp3) is 0.769. The highest BCUT2D eigenvalue weighted by molar-refractivity contribution is 6.77. The van der Waals surface area contributed by atoms with Crippen molar-refractivity contribution in [1.82, 2.24) is 0 Å². The first-order valence-electron chi connectivity index (χ1n) is 6.81. The van der Waals surface area contributed by atoms with Gasteiger partial charge in [-0.3, -0.25) is 0 Å². The Bertz CT molecular complexity index is 294. The van der Waals surface area contributed by atoms with Gasteiger partial charge in [0, 0.05) is 12.7 Å². The second-order valence-electron chi connectivity index (χ2n) is 5.44. The van der Waals surface area contributed by atoms with Crippen LogP contribution in [-0.2, 0) is 18.4 Å². The molecule has 1 atom stereocenters. The van der Waals surface area contributed by atoms with E-state index in [2.05, 4.69) is 32.8 Å². The van der Waals surface area contributed by atoms with Gasteiger partial charge in [-0.15, -0.1) is 0 Å². The lowest BCUT2D eigenvalue weighted by Gasteiger charge is -2.25. The lowest BCUT2D eigenvalue weighted by molar-refractivity contribution is -0.141. The number of aliphatic hydroxyl groups is 1. The predicted octanol–water partition coefficient (Wildman–Crippen LogP) is 1.96. The molecule has 1 radical (unpaired) electrons. The third-order valence-electron chi connectivity index (χ3n) is 2.44. The first-order chi connectivity index (χ1) is 9.26. The van der Waals surface area contributed by atoms with Crippen LogP contribution >= 0.6 is 0 Å². The monoisotopic (exact) mass is 319 g/mol. The second kappa shape index (κ2) is 10.3. The Morgan fingerprint density at radius 1 is 1.40 bits per heavy atom.